The van der Waals surface area contributed by atoms with E-state index in [0.717, 1.165) is 21.7 Å². The van der Waals surface area contributed by atoms with E-state index >= 15 is 0 Å². The SMILES string of the molecule is CO/N=C(\C(=O)NC1C(=O)N2C(C(=O)O)=C(Sc3nc4cccnc4s3)CSC12)c1csc(N)n1. The Morgan fingerprint density at radius 1 is 1.40 bits per heavy atom. The molecule has 0 spiro atoms. The minimum absolute atomic E-state index is 0.112. The van der Waals surface area contributed by atoms with Crippen molar-refractivity contribution in [2.24, 2.45) is 5.16 Å². The highest BCUT2D eigenvalue weighted by Crippen LogP contribution is 2.46. The van der Waals surface area contributed by atoms with E-state index in [0.29, 0.717) is 15.0 Å². The number of nitrogens with two attached hydrogens (primary N) is 1. The number of thioether (sulfide) groups is 2. The first-order chi connectivity index (χ1) is 16.9. The Morgan fingerprint density at radius 2 is 2.23 bits per heavy atom. The normalized spacial score (nSPS) is 20.0. The first kappa shape index (κ1) is 23.5. The molecule has 3 aromatic heterocycles. The number of nitrogens with one attached hydrogen (secondary N) is 1. The Hall–Kier alpha value is -3.21. The van der Waals surface area contributed by atoms with Crippen LogP contribution in [0.1, 0.15) is 5.69 Å². The van der Waals surface area contributed by atoms with Gasteiger partial charge in [0.25, 0.3) is 11.8 Å². The predicted octanol–water partition coefficient (Wildman–Crippen LogP) is 1.57. The molecule has 0 aliphatic carbocycles. The first-order valence-electron chi connectivity index (χ1n) is 9.81. The second kappa shape index (κ2) is 9.44. The van der Waals surface area contributed by atoms with Gasteiger partial charge in [-0.1, -0.05) is 28.3 Å². The van der Waals surface area contributed by atoms with Gasteiger partial charge < -0.3 is 21.0 Å². The number of hydrogen-bond donors (Lipinski definition) is 3. The van der Waals surface area contributed by atoms with E-state index in [1.165, 1.54) is 46.9 Å². The molecule has 180 valence electrons. The molecule has 2 aliphatic rings. The molecule has 12 nitrogen and oxygen atoms in total. The number of carbonyl (C=O) groups excluding carboxylic acids is 2. The topological polar surface area (TPSA) is 173 Å². The highest BCUT2D eigenvalue weighted by Gasteiger charge is 2.54. The van der Waals surface area contributed by atoms with Gasteiger partial charge in [0.1, 0.15) is 40.3 Å². The molecule has 16 heteroatoms. The molecule has 0 bridgehead atoms. The van der Waals surface area contributed by atoms with Crippen LogP contribution in [0.25, 0.3) is 10.3 Å². The fourth-order valence-electron chi connectivity index (χ4n) is 3.47. The standard InChI is InChI=1S/C19H15N7O5S4/c1-31-25-10(8-5-33-18(20)22-8)13(27)24-11-15(28)26-12(17(29)30)9(6-32-16(11)26)34-19-23-7-3-2-4-21-14(7)35-19/h2-5,11,16H,6H2,1H3,(H2,20,22)(H,24,27)(H,29,30)/b25-10-. The largest absolute Gasteiger partial charge is 0.477 e. The van der Waals surface area contributed by atoms with Gasteiger partial charge in [-0.25, -0.2) is 19.7 Å². The number of anilines is 1. The number of aromatic nitrogens is 3. The molecule has 1 saturated heterocycles. The number of rotatable bonds is 7. The molecule has 0 radical (unpaired) electrons. The lowest BCUT2D eigenvalue weighted by atomic mass is 10.0. The molecule has 5 heterocycles. The van der Waals surface area contributed by atoms with Crippen LogP contribution in [0.4, 0.5) is 5.13 Å². The lowest BCUT2D eigenvalue weighted by Gasteiger charge is -2.49. The molecule has 1 fully saturated rings. The van der Waals surface area contributed by atoms with Crippen molar-refractivity contribution < 1.29 is 24.3 Å². The second-order valence-corrected chi connectivity index (χ2v) is 11.4. The van der Waals surface area contributed by atoms with Crippen molar-refractivity contribution in [1.82, 2.24) is 25.2 Å². The van der Waals surface area contributed by atoms with Gasteiger partial charge in [-0.05, 0) is 12.1 Å². The summed E-state index contributed by atoms with van der Waals surface area (Å²) in [5.74, 6) is -2.11. The number of hydrogen-bond acceptors (Lipinski definition) is 13. The molecule has 5 rings (SSSR count). The summed E-state index contributed by atoms with van der Waals surface area (Å²) in [5.41, 5.74) is 6.32. The van der Waals surface area contributed by atoms with Crippen LogP contribution in [-0.4, -0.2) is 72.7 Å². The summed E-state index contributed by atoms with van der Waals surface area (Å²) in [6, 6.07) is 2.67. The monoisotopic (exact) mass is 549 g/mol. The summed E-state index contributed by atoms with van der Waals surface area (Å²) in [6.07, 6.45) is 1.66. The van der Waals surface area contributed by atoms with Gasteiger partial charge in [0.15, 0.2) is 15.2 Å². The third-order valence-electron chi connectivity index (χ3n) is 4.94. The molecule has 2 atom stereocenters. The minimum atomic E-state index is -1.23. The van der Waals surface area contributed by atoms with Crippen LogP contribution >= 0.6 is 46.2 Å². The van der Waals surface area contributed by atoms with Gasteiger partial charge in [0.05, 0.1) is 0 Å². The van der Waals surface area contributed by atoms with E-state index in [1.807, 2.05) is 6.07 Å². The second-order valence-electron chi connectivity index (χ2n) is 7.04. The van der Waals surface area contributed by atoms with Crippen molar-refractivity contribution in [1.29, 1.82) is 0 Å². The summed E-state index contributed by atoms with van der Waals surface area (Å²) >= 11 is 5.03. The molecule has 2 aliphatic heterocycles. The Kier molecular flexibility index (Phi) is 6.35. The first-order valence-corrected chi connectivity index (χ1v) is 13.4. The van der Waals surface area contributed by atoms with E-state index in [-0.39, 0.29) is 22.2 Å². The van der Waals surface area contributed by atoms with Crippen LogP contribution in [0.15, 0.2) is 43.8 Å². The lowest BCUT2D eigenvalue weighted by molar-refractivity contribution is -0.150. The van der Waals surface area contributed by atoms with E-state index < -0.39 is 29.2 Å². The predicted molar refractivity (Wildman–Crippen MR) is 133 cm³/mol. The quantitative estimate of drug-likeness (QED) is 0.222. The van der Waals surface area contributed by atoms with E-state index in [2.05, 4.69) is 25.4 Å². The maximum atomic E-state index is 13.0. The van der Waals surface area contributed by atoms with Gasteiger partial charge in [-0.3, -0.25) is 14.5 Å². The van der Waals surface area contributed by atoms with Crippen molar-refractivity contribution in [3.63, 3.8) is 0 Å². The summed E-state index contributed by atoms with van der Waals surface area (Å²) in [5, 5.41) is 17.4. The van der Waals surface area contributed by atoms with Crippen molar-refractivity contribution in [2.45, 2.75) is 15.8 Å². The maximum Gasteiger partial charge on any atom is 0.353 e. The Labute approximate surface area is 213 Å². The summed E-state index contributed by atoms with van der Waals surface area (Å²) < 4.78 is 0.632. The van der Waals surface area contributed by atoms with E-state index in [4.69, 9.17) is 10.6 Å². The molecule has 2 unspecified atom stereocenters. The lowest BCUT2D eigenvalue weighted by Crippen LogP contribution is -2.71. The van der Waals surface area contributed by atoms with Crippen molar-refractivity contribution in [3.05, 3.63) is 40.0 Å². The smallest absolute Gasteiger partial charge is 0.353 e. The third kappa shape index (κ3) is 4.33. The van der Waals surface area contributed by atoms with E-state index in [9.17, 15) is 19.5 Å². The molecular formula is C19H15N7O5S4. The summed E-state index contributed by atoms with van der Waals surface area (Å²) in [7, 11) is 1.28. The van der Waals surface area contributed by atoms with Crippen molar-refractivity contribution in [2.75, 3.05) is 18.6 Å². The number of thiazole rings is 2. The van der Waals surface area contributed by atoms with Crippen LogP contribution in [-0.2, 0) is 19.2 Å². The number of pyridine rings is 1. The zero-order valence-electron chi connectivity index (χ0n) is 17.7. The zero-order chi connectivity index (χ0) is 24.7. The number of nitrogen functional groups attached to an aromatic ring is 1. The highest BCUT2D eigenvalue weighted by atomic mass is 32.2. The number of fused-ring (bicyclic) bond motifs is 2. The molecule has 35 heavy (non-hydrogen) atoms. The molecule has 3 aromatic rings. The fourth-order valence-corrected chi connectivity index (χ4v) is 7.64. The highest BCUT2D eigenvalue weighted by molar-refractivity contribution is 8.07. The molecular weight excluding hydrogens is 535 g/mol. The van der Waals surface area contributed by atoms with Crippen LogP contribution in [0.3, 0.4) is 0 Å². The number of carboxylic acids is 1. The fraction of sp³-hybridized carbons (Fsp3) is 0.211. The number of β-lactam (4-membered cyclic amide) rings is 1. The molecule has 2 amide bonds. The molecule has 0 aromatic carbocycles. The number of amides is 2. The van der Waals surface area contributed by atoms with E-state index in [1.54, 1.807) is 17.6 Å². The minimum Gasteiger partial charge on any atom is -0.477 e. The molecule has 4 N–H and O–H groups in total. The van der Waals surface area contributed by atoms with Crippen LogP contribution in [0, 0.1) is 0 Å². The van der Waals surface area contributed by atoms with Gasteiger partial charge in [-0.2, -0.15) is 0 Å². The van der Waals surface area contributed by atoms with Crippen molar-refractivity contribution in [3.8, 4) is 0 Å². The van der Waals surface area contributed by atoms with Crippen molar-refractivity contribution >= 4 is 85.2 Å². The van der Waals surface area contributed by atoms with Crippen LogP contribution in [0.2, 0.25) is 0 Å². The Bertz CT molecular complexity index is 1380. The van der Waals surface area contributed by atoms with Crippen LogP contribution < -0.4 is 11.1 Å². The number of carboxylic acid groups (broad SMARTS) is 1. The maximum absolute atomic E-state index is 13.0. The zero-order valence-corrected chi connectivity index (χ0v) is 21.0. The number of carbonyl (C=O) groups is 3. The summed E-state index contributed by atoms with van der Waals surface area (Å²) in [4.78, 5) is 57.9. The Balaban J connectivity index is 1.36. The average molecular weight is 550 g/mol. The van der Waals surface area contributed by atoms with Crippen LogP contribution in [0.5, 0.6) is 0 Å². The van der Waals surface area contributed by atoms with Gasteiger partial charge in [0, 0.05) is 22.2 Å². The number of nitrogens with zero attached hydrogens (tertiary/aromatic N) is 5. The Morgan fingerprint density at radius 3 is 2.91 bits per heavy atom. The average Bonchev–Trinajstić information content (AvgIpc) is 3.45. The third-order valence-corrected chi connectivity index (χ3v) is 9.20. The van der Waals surface area contributed by atoms with Gasteiger partial charge in [0.2, 0.25) is 0 Å². The van der Waals surface area contributed by atoms with Gasteiger partial charge in [-0.15, -0.1) is 23.1 Å². The molecule has 0 saturated carbocycles. The number of oxime groups is 1. The summed E-state index contributed by atoms with van der Waals surface area (Å²) in [6.45, 7) is 0. The number of aliphatic carboxylic acids is 1. The van der Waals surface area contributed by atoms with Gasteiger partial charge >= 0.3 is 5.97 Å².